The van der Waals surface area contributed by atoms with Crippen LogP contribution in [0.25, 0.3) is 0 Å². The maximum absolute atomic E-state index is 10.1. The summed E-state index contributed by atoms with van der Waals surface area (Å²) >= 11 is 0. The second-order valence-electron chi connectivity index (χ2n) is 1.65. The number of rotatable bonds is 1. The second kappa shape index (κ2) is 3.48. The van der Waals surface area contributed by atoms with Gasteiger partial charge < -0.3 is 5.11 Å². The zero-order chi connectivity index (χ0) is 5.98. The van der Waals surface area contributed by atoms with E-state index in [2.05, 4.69) is 5.32 Å². The fraction of sp³-hybridized carbons (Fsp3) is 0.400. The quantitative estimate of drug-likeness (QED) is 0.517. The molecule has 0 aromatic heterocycles. The third-order valence-corrected chi connectivity index (χ3v) is 1.05. The van der Waals surface area contributed by atoms with Gasteiger partial charge in [-0.2, -0.15) is 0 Å². The lowest BCUT2D eigenvalue weighted by molar-refractivity contribution is -0.137. The Morgan fingerprint density at radius 3 is 2.67 bits per heavy atom. The van der Waals surface area contributed by atoms with Crippen molar-refractivity contribution in [3.63, 3.8) is 0 Å². The first-order valence-electron chi connectivity index (χ1n) is 2.43. The summed E-state index contributed by atoms with van der Waals surface area (Å²) in [5.41, 5.74) is 0. The standard InChI is InChI=1S/C5H7NO2.ClH/c7-5(8)4-2-1-3-6-4;/h1-2,4,6H,3H2,(H,7,8);1H. The Morgan fingerprint density at radius 1 is 1.78 bits per heavy atom. The van der Waals surface area contributed by atoms with Crippen LogP contribution in [0.5, 0.6) is 0 Å². The van der Waals surface area contributed by atoms with Crippen LogP contribution in [-0.4, -0.2) is 23.7 Å². The van der Waals surface area contributed by atoms with Gasteiger partial charge in [0.05, 0.1) is 0 Å². The van der Waals surface area contributed by atoms with Crippen molar-refractivity contribution in [2.75, 3.05) is 6.54 Å². The minimum atomic E-state index is -0.807. The Kier molecular flexibility index (Phi) is 3.27. The molecule has 2 N–H and O–H groups in total. The molecule has 1 aliphatic heterocycles. The summed E-state index contributed by atoms with van der Waals surface area (Å²) in [5, 5.41) is 11.0. The molecule has 0 saturated heterocycles. The average molecular weight is 150 g/mol. The lowest BCUT2D eigenvalue weighted by Crippen LogP contribution is -2.30. The van der Waals surface area contributed by atoms with E-state index in [1.165, 1.54) is 0 Å². The Hall–Kier alpha value is -0.540. The fourth-order valence-electron chi connectivity index (χ4n) is 0.637. The molecular formula is C5H8ClNO2. The molecule has 0 bridgehead atoms. The molecule has 3 nitrogen and oxygen atoms in total. The van der Waals surface area contributed by atoms with Gasteiger partial charge in [0.2, 0.25) is 0 Å². The highest BCUT2D eigenvalue weighted by atomic mass is 35.5. The number of halogens is 1. The molecule has 0 aliphatic carbocycles. The van der Waals surface area contributed by atoms with Crippen molar-refractivity contribution >= 4 is 18.4 Å². The summed E-state index contributed by atoms with van der Waals surface area (Å²) in [4.78, 5) is 10.1. The van der Waals surface area contributed by atoms with Crippen molar-refractivity contribution in [2.24, 2.45) is 0 Å². The molecule has 0 spiro atoms. The van der Waals surface area contributed by atoms with E-state index in [4.69, 9.17) is 5.11 Å². The zero-order valence-electron chi connectivity index (χ0n) is 4.70. The molecule has 0 aromatic rings. The highest BCUT2D eigenvalue weighted by Crippen LogP contribution is 1.92. The van der Waals surface area contributed by atoms with Crippen molar-refractivity contribution in [1.29, 1.82) is 0 Å². The number of nitrogens with one attached hydrogen (secondary N) is 1. The highest BCUT2D eigenvalue weighted by molar-refractivity contribution is 5.85. The van der Waals surface area contributed by atoms with Gasteiger partial charge in [0, 0.05) is 6.54 Å². The van der Waals surface area contributed by atoms with Crippen LogP contribution in [0.2, 0.25) is 0 Å². The largest absolute Gasteiger partial charge is 0.480 e. The Morgan fingerprint density at radius 2 is 2.44 bits per heavy atom. The summed E-state index contributed by atoms with van der Waals surface area (Å²) < 4.78 is 0. The molecule has 0 amide bonds. The minimum Gasteiger partial charge on any atom is -0.480 e. The summed E-state index contributed by atoms with van der Waals surface area (Å²) in [5.74, 6) is -0.807. The highest BCUT2D eigenvalue weighted by Gasteiger charge is 2.14. The van der Waals surface area contributed by atoms with E-state index in [1.807, 2.05) is 0 Å². The van der Waals surface area contributed by atoms with Gasteiger partial charge in [-0.3, -0.25) is 10.1 Å². The van der Waals surface area contributed by atoms with Crippen LogP contribution in [0, 0.1) is 0 Å². The van der Waals surface area contributed by atoms with Gasteiger partial charge in [0.15, 0.2) is 0 Å². The van der Waals surface area contributed by atoms with Gasteiger partial charge in [-0.05, 0) is 0 Å². The fourth-order valence-corrected chi connectivity index (χ4v) is 0.637. The van der Waals surface area contributed by atoms with Crippen molar-refractivity contribution in [3.05, 3.63) is 12.2 Å². The Balaban J connectivity index is 0.000000640. The van der Waals surface area contributed by atoms with Crippen molar-refractivity contribution in [1.82, 2.24) is 5.32 Å². The van der Waals surface area contributed by atoms with Crippen molar-refractivity contribution in [2.45, 2.75) is 6.04 Å². The lowest BCUT2D eigenvalue weighted by Gasteiger charge is -1.98. The first-order valence-corrected chi connectivity index (χ1v) is 2.43. The Labute approximate surface area is 59.2 Å². The molecular weight excluding hydrogens is 142 g/mol. The van der Waals surface area contributed by atoms with Crippen molar-refractivity contribution < 1.29 is 9.90 Å². The van der Waals surface area contributed by atoms with Gasteiger partial charge in [0.1, 0.15) is 6.04 Å². The molecule has 1 unspecified atom stereocenters. The average Bonchev–Trinajstić information content (AvgIpc) is 2.12. The molecule has 1 rings (SSSR count). The van der Waals surface area contributed by atoms with Crippen LogP contribution in [0.4, 0.5) is 0 Å². The van der Waals surface area contributed by atoms with Crippen LogP contribution in [0.15, 0.2) is 12.2 Å². The van der Waals surface area contributed by atoms with E-state index in [-0.39, 0.29) is 12.4 Å². The van der Waals surface area contributed by atoms with Crippen LogP contribution in [-0.2, 0) is 4.79 Å². The topological polar surface area (TPSA) is 49.3 Å². The summed E-state index contributed by atoms with van der Waals surface area (Å²) in [6, 6.07) is -0.449. The van der Waals surface area contributed by atoms with E-state index < -0.39 is 12.0 Å². The smallest absolute Gasteiger partial charge is 0.324 e. The molecule has 1 heterocycles. The van der Waals surface area contributed by atoms with E-state index in [1.54, 1.807) is 12.2 Å². The zero-order valence-corrected chi connectivity index (χ0v) is 5.52. The molecule has 0 saturated carbocycles. The maximum Gasteiger partial charge on any atom is 0.324 e. The molecule has 0 radical (unpaired) electrons. The van der Waals surface area contributed by atoms with Gasteiger partial charge >= 0.3 is 5.97 Å². The predicted molar refractivity (Wildman–Crippen MR) is 35.8 cm³/mol. The number of aliphatic carboxylic acids is 1. The van der Waals surface area contributed by atoms with Gasteiger partial charge in [-0.15, -0.1) is 12.4 Å². The molecule has 52 valence electrons. The molecule has 1 atom stereocenters. The molecule has 9 heavy (non-hydrogen) atoms. The molecule has 0 aromatic carbocycles. The van der Waals surface area contributed by atoms with Gasteiger partial charge in [-0.1, -0.05) is 12.2 Å². The third-order valence-electron chi connectivity index (χ3n) is 1.05. The third kappa shape index (κ3) is 2.03. The van der Waals surface area contributed by atoms with Crippen molar-refractivity contribution in [3.8, 4) is 0 Å². The van der Waals surface area contributed by atoms with E-state index >= 15 is 0 Å². The van der Waals surface area contributed by atoms with E-state index in [9.17, 15) is 4.79 Å². The maximum atomic E-state index is 10.1. The molecule has 1 aliphatic rings. The number of carboxylic acids is 1. The predicted octanol–water partition coefficient (Wildman–Crippen LogP) is 0.0208. The summed E-state index contributed by atoms with van der Waals surface area (Å²) in [6.45, 7) is 0.678. The second-order valence-corrected chi connectivity index (χ2v) is 1.65. The normalized spacial score (nSPS) is 23.3. The van der Waals surface area contributed by atoms with Gasteiger partial charge in [0.25, 0.3) is 0 Å². The number of hydrogen-bond donors (Lipinski definition) is 2. The SMILES string of the molecule is Cl.O=C(O)C1C=CCN1. The molecule has 0 fully saturated rings. The summed E-state index contributed by atoms with van der Waals surface area (Å²) in [6.07, 6.45) is 3.45. The first kappa shape index (κ1) is 8.46. The van der Waals surface area contributed by atoms with Crippen LogP contribution < -0.4 is 5.32 Å². The minimum absolute atomic E-state index is 0. The van der Waals surface area contributed by atoms with Crippen LogP contribution in [0.3, 0.4) is 0 Å². The van der Waals surface area contributed by atoms with Gasteiger partial charge in [-0.25, -0.2) is 0 Å². The monoisotopic (exact) mass is 149 g/mol. The van der Waals surface area contributed by atoms with E-state index in [0.29, 0.717) is 6.54 Å². The molecule has 4 heteroatoms. The first-order chi connectivity index (χ1) is 3.80. The lowest BCUT2D eigenvalue weighted by atomic mass is 10.3. The number of carboxylic acid groups (broad SMARTS) is 1. The summed E-state index contributed by atoms with van der Waals surface area (Å²) in [7, 11) is 0. The Bertz CT molecular complexity index is 135. The number of hydrogen-bond acceptors (Lipinski definition) is 2. The van der Waals surface area contributed by atoms with Crippen LogP contribution >= 0.6 is 12.4 Å². The van der Waals surface area contributed by atoms with Crippen LogP contribution in [0.1, 0.15) is 0 Å². The number of carbonyl (C=O) groups is 1. The van der Waals surface area contributed by atoms with E-state index in [0.717, 1.165) is 0 Å².